The molecule has 1 aliphatic rings. The first kappa shape index (κ1) is 20.4. The molecule has 8 nitrogen and oxygen atoms in total. The molecule has 1 aromatic heterocycles. The van der Waals surface area contributed by atoms with Crippen molar-refractivity contribution in [2.45, 2.75) is 6.42 Å². The van der Waals surface area contributed by atoms with Crippen molar-refractivity contribution >= 4 is 18.0 Å². The first-order valence-corrected chi connectivity index (χ1v) is 9.54. The lowest BCUT2D eigenvalue weighted by atomic mass is 10.1. The van der Waals surface area contributed by atoms with E-state index in [0.717, 1.165) is 24.1 Å². The van der Waals surface area contributed by atoms with E-state index < -0.39 is 0 Å². The first-order valence-electron chi connectivity index (χ1n) is 9.54. The molecule has 0 saturated carbocycles. The number of methoxy groups -OCH3 is 2. The predicted octanol–water partition coefficient (Wildman–Crippen LogP) is 1.67. The van der Waals surface area contributed by atoms with Crippen LogP contribution in [0, 0.1) is 0 Å². The highest BCUT2D eigenvalue weighted by atomic mass is 16.5. The van der Waals surface area contributed by atoms with Crippen LogP contribution in [0.3, 0.4) is 0 Å². The minimum Gasteiger partial charge on any atom is -0.493 e. The highest BCUT2D eigenvalue weighted by Crippen LogP contribution is 2.27. The zero-order valence-corrected chi connectivity index (χ0v) is 16.8. The van der Waals surface area contributed by atoms with Crippen LogP contribution >= 0.6 is 0 Å². The van der Waals surface area contributed by atoms with E-state index in [1.165, 1.54) is 0 Å². The van der Waals surface area contributed by atoms with Gasteiger partial charge in [-0.3, -0.25) is 14.6 Å². The lowest BCUT2D eigenvalue weighted by molar-refractivity contribution is -0.119. The molecule has 1 aliphatic heterocycles. The van der Waals surface area contributed by atoms with E-state index in [1.807, 2.05) is 24.3 Å². The number of nitrogens with zero attached hydrogens (tertiary/aromatic N) is 3. The van der Waals surface area contributed by atoms with Gasteiger partial charge in [0.05, 0.1) is 14.2 Å². The average molecular weight is 398 g/mol. The number of benzene rings is 1. The Kier molecular flexibility index (Phi) is 6.89. The van der Waals surface area contributed by atoms with Gasteiger partial charge in [0, 0.05) is 44.6 Å². The summed E-state index contributed by atoms with van der Waals surface area (Å²) in [5.74, 6) is 1.30. The second-order valence-corrected chi connectivity index (χ2v) is 6.73. The smallest absolute Gasteiger partial charge is 0.272 e. The summed E-state index contributed by atoms with van der Waals surface area (Å²) >= 11 is 0. The number of hydrogen-bond donors (Lipinski definition) is 1. The van der Waals surface area contributed by atoms with E-state index in [4.69, 9.17) is 9.47 Å². The number of anilines is 1. The molecule has 0 aliphatic carbocycles. The molecule has 0 spiro atoms. The van der Waals surface area contributed by atoms with Gasteiger partial charge < -0.3 is 24.6 Å². The van der Waals surface area contributed by atoms with Gasteiger partial charge in [-0.05, 0) is 36.2 Å². The van der Waals surface area contributed by atoms with Crippen LogP contribution in [0.5, 0.6) is 11.5 Å². The van der Waals surface area contributed by atoms with Crippen LogP contribution in [0.4, 0.5) is 5.69 Å². The standard InChI is InChI=1S/C21H26N4O4/c1-28-19-4-3-16(13-20(19)29-2)5-7-22-17-6-8-23-18(14-17)21(27)25-11-9-24(15-26)10-12-25/h3-4,6,8,13-15H,5,7,9-12H2,1-2H3,(H,22,23). The third-order valence-corrected chi connectivity index (χ3v) is 4.92. The fourth-order valence-electron chi connectivity index (χ4n) is 3.24. The Morgan fingerprint density at radius 1 is 1.10 bits per heavy atom. The summed E-state index contributed by atoms with van der Waals surface area (Å²) in [6, 6.07) is 9.46. The Balaban J connectivity index is 1.56. The van der Waals surface area contributed by atoms with Crippen molar-refractivity contribution in [3.05, 3.63) is 47.8 Å². The molecule has 3 rings (SSSR count). The van der Waals surface area contributed by atoms with Crippen molar-refractivity contribution < 1.29 is 19.1 Å². The predicted molar refractivity (Wildman–Crippen MR) is 110 cm³/mol. The average Bonchev–Trinajstić information content (AvgIpc) is 2.78. The van der Waals surface area contributed by atoms with Crippen LogP contribution in [-0.4, -0.2) is 74.0 Å². The summed E-state index contributed by atoms with van der Waals surface area (Å²) in [6.45, 7) is 2.86. The topological polar surface area (TPSA) is 84.0 Å². The Morgan fingerprint density at radius 2 is 1.86 bits per heavy atom. The molecule has 2 aromatic rings. The molecule has 0 bridgehead atoms. The van der Waals surface area contributed by atoms with E-state index in [-0.39, 0.29) is 5.91 Å². The number of rotatable bonds is 8. The highest BCUT2D eigenvalue weighted by molar-refractivity contribution is 5.93. The molecule has 0 radical (unpaired) electrons. The third-order valence-electron chi connectivity index (χ3n) is 4.92. The molecule has 2 heterocycles. The number of carbonyl (C=O) groups is 2. The summed E-state index contributed by atoms with van der Waals surface area (Å²) < 4.78 is 10.6. The van der Waals surface area contributed by atoms with E-state index in [9.17, 15) is 9.59 Å². The maximum Gasteiger partial charge on any atom is 0.272 e. The Labute approximate surface area is 170 Å². The summed E-state index contributed by atoms with van der Waals surface area (Å²) in [6.07, 6.45) is 3.25. The van der Waals surface area contributed by atoms with Gasteiger partial charge in [0.1, 0.15) is 5.69 Å². The van der Waals surface area contributed by atoms with E-state index >= 15 is 0 Å². The molecule has 29 heavy (non-hydrogen) atoms. The molecule has 1 fully saturated rings. The van der Waals surface area contributed by atoms with Gasteiger partial charge in [0.15, 0.2) is 11.5 Å². The summed E-state index contributed by atoms with van der Waals surface area (Å²) in [5.41, 5.74) is 2.37. The third kappa shape index (κ3) is 5.16. The Morgan fingerprint density at radius 3 is 2.55 bits per heavy atom. The lowest BCUT2D eigenvalue weighted by Gasteiger charge is -2.32. The van der Waals surface area contributed by atoms with Gasteiger partial charge in [0.25, 0.3) is 5.91 Å². The number of hydrogen-bond acceptors (Lipinski definition) is 6. The molecule has 1 saturated heterocycles. The van der Waals surface area contributed by atoms with Gasteiger partial charge in [-0.2, -0.15) is 0 Å². The molecule has 154 valence electrons. The number of carbonyl (C=O) groups excluding carboxylic acids is 2. The Hall–Kier alpha value is -3.29. The minimum atomic E-state index is -0.112. The molecular weight excluding hydrogens is 372 g/mol. The van der Waals surface area contributed by atoms with E-state index in [2.05, 4.69) is 10.3 Å². The second kappa shape index (κ2) is 9.77. The van der Waals surface area contributed by atoms with Crippen LogP contribution in [0.1, 0.15) is 16.1 Å². The number of nitrogens with one attached hydrogen (secondary N) is 1. The van der Waals surface area contributed by atoms with Crippen LogP contribution in [-0.2, 0) is 11.2 Å². The van der Waals surface area contributed by atoms with Crippen molar-refractivity contribution in [3.8, 4) is 11.5 Å². The molecular formula is C21H26N4O4. The van der Waals surface area contributed by atoms with E-state index in [0.29, 0.717) is 49.9 Å². The Bertz CT molecular complexity index is 850. The zero-order chi connectivity index (χ0) is 20.6. The van der Waals surface area contributed by atoms with Crippen molar-refractivity contribution in [2.75, 3.05) is 52.3 Å². The molecule has 0 atom stereocenters. The molecule has 2 amide bonds. The van der Waals surface area contributed by atoms with Crippen molar-refractivity contribution in [1.82, 2.24) is 14.8 Å². The molecule has 0 unspecified atom stereocenters. The summed E-state index contributed by atoms with van der Waals surface area (Å²) in [4.78, 5) is 31.1. The molecule has 1 N–H and O–H groups in total. The SMILES string of the molecule is COc1ccc(CCNc2ccnc(C(=O)N3CCN(C=O)CC3)c2)cc1OC. The van der Waals surface area contributed by atoms with Crippen molar-refractivity contribution in [3.63, 3.8) is 0 Å². The fraction of sp³-hybridized carbons (Fsp3) is 0.381. The fourth-order valence-corrected chi connectivity index (χ4v) is 3.24. The minimum absolute atomic E-state index is 0.112. The van der Waals surface area contributed by atoms with Crippen molar-refractivity contribution in [1.29, 1.82) is 0 Å². The van der Waals surface area contributed by atoms with Gasteiger partial charge in [-0.25, -0.2) is 0 Å². The quantitative estimate of drug-likeness (QED) is 0.681. The maximum absolute atomic E-state index is 12.7. The number of aromatic nitrogens is 1. The number of amides is 2. The number of pyridine rings is 1. The van der Waals surface area contributed by atoms with Gasteiger partial charge >= 0.3 is 0 Å². The molecule has 8 heteroatoms. The van der Waals surface area contributed by atoms with Crippen LogP contribution in [0.15, 0.2) is 36.5 Å². The number of ether oxygens (including phenoxy) is 2. The normalized spacial score (nSPS) is 13.7. The van der Waals surface area contributed by atoms with Gasteiger partial charge in [-0.1, -0.05) is 6.07 Å². The summed E-state index contributed by atoms with van der Waals surface area (Å²) in [5, 5.41) is 3.34. The summed E-state index contributed by atoms with van der Waals surface area (Å²) in [7, 11) is 3.23. The lowest BCUT2D eigenvalue weighted by Crippen LogP contribution is -2.48. The van der Waals surface area contributed by atoms with Gasteiger partial charge in [-0.15, -0.1) is 0 Å². The van der Waals surface area contributed by atoms with Crippen molar-refractivity contribution in [2.24, 2.45) is 0 Å². The van der Waals surface area contributed by atoms with Crippen LogP contribution in [0.2, 0.25) is 0 Å². The largest absolute Gasteiger partial charge is 0.493 e. The van der Waals surface area contributed by atoms with Crippen LogP contribution < -0.4 is 14.8 Å². The molecule has 1 aromatic carbocycles. The monoisotopic (exact) mass is 398 g/mol. The second-order valence-electron chi connectivity index (χ2n) is 6.73. The van der Waals surface area contributed by atoms with Gasteiger partial charge in [0.2, 0.25) is 6.41 Å². The highest BCUT2D eigenvalue weighted by Gasteiger charge is 2.22. The van der Waals surface area contributed by atoms with Crippen LogP contribution in [0.25, 0.3) is 0 Å². The van der Waals surface area contributed by atoms with E-state index in [1.54, 1.807) is 36.3 Å². The first-order chi connectivity index (χ1) is 14.1. The number of piperazine rings is 1. The maximum atomic E-state index is 12.7. The zero-order valence-electron chi connectivity index (χ0n) is 16.8.